The average molecular weight is 435 g/mol. The standard InChI is InChI=1S/C23H19ClN4O3/c1-30-20-11-17-19(12-21(20)31-2)25-13-26-22(17)27-14-7-9-15(10-8-14)28-23(29)16-5-3-4-6-18(16)24/h3-13H,1-2H3,(H,28,29)(H,25,26,27). The van der Waals surface area contributed by atoms with Crippen molar-refractivity contribution in [2.45, 2.75) is 0 Å². The molecule has 0 aliphatic heterocycles. The quantitative estimate of drug-likeness (QED) is 0.428. The van der Waals surface area contributed by atoms with E-state index in [1.54, 1.807) is 56.7 Å². The Hall–Kier alpha value is -3.84. The number of halogens is 1. The van der Waals surface area contributed by atoms with Crippen molar-refractivity contribution in [1.82, 2.24) is 9.97 Å². The molecule has 0 saturated carbocycles. The van der Waals surface area contributed by atoms with E-state index >= 15 is 0 Å². The summed E-state index contributed by atoms with van der Waals surface area (Å²) in [5, 5.41) is 7.31. The molecular weight excluding hydrogens is 416 g/mol. The lowest BCUT2D eigenvalue weighted by molar-refractivity contribution is 0.102. The highest BCUT2D eigenvalue weighted by Crippen LogP contribution is 2.34. The molecule has 1 heterocycles. The van der Waals surface area contributed by atoms with Crippen LogP contribution in [0.4, 0.5) is 17.2 Å². The number of nitrogens with one attached hydrogen (secondary N) is 2. The van der Waals surface area contributed by atoms with Crippen LogP contribution in [0.2, 0.25) is 5.02 Å². The maximum Gasteiger partial charge on any atom is 0.257 e. The number of nitrogens with zero attached hydrogens (tertiary/aromatic N) is 2. The Morgan fingerprint density at radius 3 is 2.29 bits per heavy atom. The van der Waals surface area contributed by atoms with Crippen LogP contribution in [0, 0.1) is 0 Å². The first-order valence-electron chi connectivity index (χ1n) is 9.38. The highest BCUT2D eigenvalue weighted by Gasteiger charge is 2.12. The van der Waals surface area contributed by atoms with Crippen molar-refractivity contribution in [1.29, 1.82) is 0 Å². The molecule has 31 heavy (non-hydrogen) atoms. The zero-order valence-electron chi connectivity index (χ0n) is 16.8. The molecule has 0 spiro atoms. The molecule has 156 valence electrons. The third-order valence-electron chi connectivity index (χ3n) is 4.66. The zero-order valence-corrected chi connectivity index (χ0v) is 17.6. The minimum absolute atomic E-state index is 0.269. The number of benzene rings is 3. The predicted molar refractivity (Wildman–Crippen MR) is 122 cm³/mol. The van der Waals surface area contributed by atoms with Crippen LogP contribution in [0.1, 0.15) is 10.4 Å². The summed E-state index contributed by atoms with van der Waals surface area (Å²) in [6.07, 6.45) is 1.48. The molecule has 7 nitrogen and oxygen atoms in total. The second-order valence-corrected chi connectivity index (χ2v) is 6.99. The number of anilines is 3. The number of hydrogen-bond acceptors (Lipinski definition) is 6. The summed E-state index contributed by atoms with van der Waals surface area (Å²) < 4.78 is 10.7. The van der Waals surface area contributed by atoms with E-state index in [0.29, 0.717) is 33.6 Å². The van der Waals surface area contributed by atoms with Crippen molar-refractivity contribution in [3.8, 4) is 11.5 Å². The number of carbonyl (C=O) groups excluding carboxylic acids is 1. The fourth-order valence-electron chi connectivity index (χ4n) is 3.10. The molecule has 0 radical (unpaired) electrons. The number of methoxy groups -OCH3 is 2. The van der Waals surface area contributed by atoms with Gasteiger partial charge in [0.05, 0.1) is 30.3 Å². The Morgan fingerprint density at radius 1 is 0.903 bits per heavy atom. The Bertz CT molecular complexity index is 1250. The maximum absolute atomic E-state index is 12.4. The Kier molecular flexibility index (Phi) is 5.86. The Labute approximate surface area is 184 Å². The number of carbonyl (C=O) groups is 1. The van der Waals surface area contributed by atoms with Crippen LogP contribution in [0.5, 0.6) is 11.5 Å². The lowest BCUT2D eigenvalue weighted by Crippen LogP contribution is -2.12. The molecule has 4 rings (SSSR count). The third-order valence-corrected chi connectivity index (χ3v) is 4.99. The molecule has 3 aromatic carbocycles. The number of rotatable bonds is 6. The van der Waals surface area contributed by atoms with Crippen LogP contribution in [-0.2, 0) is 0 Å². The van der Waals surface area contributed by atoms with Gasteiger partial charge >= 0.3 is 0 Å². The van der Waals surface area contributed by atoms with Crippen LogP contribution >= 0.6 is 11.6 Å². The van der Waals surface area contributed by atoms with Gasteiger partial charge in [-0.25, -0.2) is 9.97 Å². The molecule has 1 aromatic heterocycles. The first kappa shape index (κ1) is 20.4. The molecule has 0 unspecified atom stereocenters. The van der Waals surface area contributed by atoms with Gasteiger partial charge in [-0.1, -0.05) is 23.7 Å². The van der Waals surface area contributed by atoms with Crippen molar-refractivity contribution >= 4 is 45.6 Å². The van der Waals surface area contributed by atoms with Crippen molar-refractivity contribution in [3.05, 3.63) is 77.6 Å². The molecule has 1 amide bonds. The van der Waals surface area contributed by atoms with Gasteiger partial charge in [-0.15, -0.1) is 0 Å². The smallest absolute Gasteiger partial charge is 0.257 e. The van der Waals surface area contributed by atoms with Gasteiger partial charge in [0.2, 0.25) is 0 Å². The van der Waals surface area contributed by atoms with Gasteiger partial charge in [-0.2, -0.15) is 0 Å². The molecule has 2 N–H and O–H groups in total. The summed E-state index contributed by atoms with van der Waals surface area (Å²) in [7, 11) is 3.16. The molecular formula is C23H19ClN4O3. The fourth-order valence-corrected chi connectivity index (χ4v) is 3.32. The van der Waals surface area contributed by atoms with Gasteiger partial charge in [-0.3, -0.25) is 4.79 Å². The summed E-state index contributed by atoms with van der Waals surface area (Å²) in [5.41, 5.74) is 2.59. The fraction of sp³-hybridized carbons (Fsp3) is 0.0870. The van der Waals surface area contributed by atoms with Crippen LogP contribution in [0.25, 0.3) is 10.9 Å². The van der Waals surface area contributed by atoms with Crippen molar-refractivity contribution < 1.29 is 14.3 Å². The van der Waals surface area contributed by atoms with Crippen LogP contribution in [0.15, 0.2) is 67.0 Å². The molecule has 0 bridgehead atoms. The number of fused-ring (bicyclic) bond motifs is 1. The lowest BCUT2D eigenvalue weighted by atomic mass is 10.2. The SMILES string of the molecule is COc1cc2ncnc(Nc3ccc(NC(=O)c4ccccc4Cl)cc3)c2cc1OC. The van der Waals surface area contributed by atoms with Crippen LogP contribution in [0.3, 0.4) is 0 Å². The van der Waals surface area contributed by atoms with Gasteiger partial charge in [0, 0.05) is 22.8 Å². The Balaban J connectivity index is 1.55. The van der Waals surface area contributed by atoms with E-state index in [1.165, 1.54) is 6.33 Å². The monoisotopic (exact) mass is 434 g/mol. The van der Waals surface area contributed by atoms with Crippen LogP contribution in [-0.4, -0.2) is 30.1 Å². The highest BCUT2D eigenvalue weighted by molar-refractivity contribution is 6.34. The number of aromatic nitrogens is 2. The van der Waals surface area contributed by atoms with E-state index in [9.17, 15) is 4.79 Å². The lowest BCUT2D eigenvalue weighted by Gasteiger charge is -2.12. The Morgan fingerprint density at radius 2 is 1.58 bits per heavy atom. The molecule has 0 saturated heterocycles. The van der Waals surface area contributed by atoms with Gasteiger partial charge in [0.15, 0.2) is 11.5 Å². The summed E-state index contributed by atoms with van der Waals surface area (Å²) in [6, 6.07) is 17.8. The summed E-state index contributed by atoms with van der Waals surface area (Å²) in [6.45, 7) is 0. The van der Waals surface area contributed by atoms with E-state index in [2.05, 4.69) is 20.6 Å². The second kappa shape index (κ2) is 8.89. The first-order valence-corrected chi connectivity index (χ1v) is 9.76. The number of ether oxygens (including phenoxy) is 2. The van der Waals surface area contributed by atoms with Crippen LogP contribution < -0.4 is 20.1 Å². The predicted octanol–water partition coefficient (Wildman–Crippen LogP) is 5.30. The summed E-state index contributed by atoms with van der Waals surface area (Å²) in [4.78, 5) is 21.1. The molecule has 4 aromatic rings. The second-order valence-electron chi connectivity index (χ2n) is 6.58. The molecule has 0 aliphatic rings. The largest absolute Gasteiger partial charge is 0.493 e. The van der Waals surface area contributed by atoms with E-state index in [1.807, 2.05) is 18.2 Å². The molecule has 0 atom stereocenters. The highest BCUT2D eigenvalue weighted by atomic mass is 35.5. The van der Waals surface area contributed by atoms with Crippen molar-refractivity contribution in [2.75, 3.05) is 24.9 Å². The summed E-state index contributed by atoms with van der Waals surface area (Å²) in [5.74, 6) is 1.54. The van der Waals surface area contributed by atoms with Crippen molar-refractivity contribution in [3.63, 3.8) is 0 Å². The first-order chi connectivity index (χ1) is 15.1. The van der Waals surface area contributed by atoms with Gasteiger partial charge in [-0.05, 0) is 42.5 Å². The molecule has 0 fully saturated rings. The zero-order chi connectivity index (χ0) is 21.8. The normalized spacial score (nSPS) is 10.5. The molecule has 0 aliphatic carbocycles. The topological polar surface area (TPSA) is 85.4 Å². The van der Waals surface area contributed by atoms with Gasteiger partial charge < -0.3 is 20.1 Å². The minimum Gasteiger partial charge on any atom is -0.493 e. The van der Waals surface area contributed by atoms with E-state index in [0.717, 1.165) is 16.6 Å². The van der Waals surface area contributed by atoms with E-state index in [-0.39, 0.29) is 5.91 Å². The summed E-state index contributed by atoms with van der Waals surface area (Å²) >= 11 is 6.09. The number of amides is 1. The average Bonchev–Trinajstić information content (AvgIpc) is 2.80. The maximum atomic E-state index is 12.4. The molecule has 8 heteroatoms. The third kappa shape index (κ3) is 4.36. The van der Waals surface area contributed by atoms with E-state index < -0.39 is 0 Å². The minimum atomic E-state index is -0.269. The van der Waals surface area contributed by atoms with Gasteiger partial charge in [0.1, 0.15) is 12.1 Å². The van der Waals surface area contributed by atoms with Crippen molar-refractivity contribution in [2.24, 2.45) is 0 Å². The number of hydrogen-bond donors (Lipinski definition) is 2. The van der Waals surface area contributed by atoms with E-state index in [4.69, 9.17) is 21.1 Å². The van der Waals surface area contributed by atoms with Gasteiger partial charge in [0.25, 0.3) is 5.91 Å².